The van der Waals surface area contributed by atoms with Crippen molar-refractivity contribution in [3.63, 3.8) is 0 Å². The van der Waals surface area contributed by atoms with E-state index in [4.69, 9.17) is 11.5 Å². The summed E-state index contributed by atoms with van der Waals surface area (Å²) in [5.74, 6) is -6.60. The number of alkyl halides is 3. The SMILES string of the molecule is CCNC(=O)[C@H]1CCCN1C(=O)[C@H](CCCN=C(N)N)NC(=O)[C@H](CC(C)C)NC(=O)[C@@H](Cc1c[nH]c2ccccc12)NC(=O)[C@H](Cc1ccc(O)cc1)NC(=O)[C@H](CO)NC(=O)[C@H](Cc1c[nH]c2ccccc12)NC(=O)Cc1ccc(C(F)(F)F)cc1. The van der Waals surface area contributed by atoms with E-state index in [-0.39, 0.29) is 80.7 Å². The smallest absolute Gasteiger partial charge is 0.416 e. The van der Waals surface area contributed by atoms with Gasteiger partial charge in [0.05, 0.1) is 18.6 Å². The summed E-state index contributed by atoms with van der Waals surface area (Å²) < 4.78 is 40.0. The molecule has 0 saturated carbocycles. The third-order valence-corrected chi connectivity index (χ3v) is 15.0. The van der Waals surface area contributed by atoms with Crippen molar-refractivity contribution in [3.05, 3.63) is 137 Å². The van der Waals surface area contributed by atoms with Gasteiger partial charge in [0.25, 0.3) is 0 Å². The molecule has 23 nitrogen and oxygen atoms in total. The van der Waals surface area contributed by atoms with Crippen molar-refractivity contribution >= 4 is 75.0 Å². The van der Waals surface area contributed by atoms with Crippen LogP contribution in [0.4, 0.5) is 13.2 Å². The van der Waals surface area contributed by atoms with Gasteiger partial charge in [-0.2, -0.15) is 13.2 Å². The summed E-state index contributed by atoms with van der Waals surface area (Å²) in [5, 5.41) is 41.2. The second-order valence-electron chi connectivity index (χ2n) is 22.1. The van der Waals surface area contributed by atoms with Gasteiger partial charge in [0.1, 0.15) is 48.0 Å². The Balaban J connectivity index is 1.14. The molecule has 7 rings (SSSR count). The fourth-order valence-electron chi connectivity index (χ4n) is 10.6. The number of nitrogens with zero attached hydrogens (tertiary/aromatic N) is 2. The third-order valence-electron chi connectivity index (χ3n) is 15.0. The number of carbonyl (C=O) groups is 8. The minimum atomic E-state index is -4.62. The van der Waals surface area contributed by atoms with E-state index in [0.717, 1.165) is 24.3 Å². The number of phenols is 1. The minimum absolute atomic E-state index is 0.0603. The van der Waals surface area contributed by atoms with Gasteiger partial charge in [0, 0.05) is 73.1 Å². The maximum Gasteiger partial charge on any atom is 0.416 e. The van der Waals surface area contributed by atoms with Crippen molar-refractivity contribution < 1.29 is 61.7 Å². The zero-order valence-electron chi connectivity index (χ0n) is 49.0. The molecule has 2 aromatic heterocycles. The number of rotatable bonds is 29. The normalized spacial score (nSPS) is 15.3. The van der Waals surface area contributed by atoms with Gasteiger partial charge in [-0.05, 0) is 104 Å². The number of aromatic amines is 2. The lowest BCUT2D eigenvalue weighted by Gasteiger charge is -2.30. The molecule has 0 spiro atoms. The van der Waals surface area contributed by atoms with Crippen LogP contribution in [0.3, 0.4) is 0 Å². The van der Waals surface area contributed by atoms with E-state index in [1.165, 1.54) is 29.2 Å². The Morgan fingerprint density at radius 3 is 1.70 bits per heavy atom. The highest BCUT2D eigenvalue weighted by Gasteiger charge is 2.39. The van der Waals surface area contributed by atoms with Gasteiger partial charge < -0.3 is 73.8 Å². The van der Waals surface area contributed by atoms with Crippen molar-refractivity contribution in [3.8, 4) is 5.75 Å². The van der Waals surface area contributed by atoms with Crippen LogP contribution >= 0.6 is 0 Å². The molecular weight excluding hydrogens is 1140 g/mol. The Bertz CT molecular complexity index is 3440. The first-order chi connectivity index (χ1) is 42.0. The average molecular weight is 1220 g/mol. The number of nitrogens with two attached hydrogens (primary N) is 2. The molecule has 1 aliphatic rings. The predicted molar refractivity (Wildman–Crippen MR) is 322 cm³/mol. The van der Waals surface area contributed by atoms with Crippen LogP contribution in [-0.2, 0) is 70.2 Å². The number of aliphatic imine (C=N–C) groups is 1. The standard InChI is InChI=1S/C62H76F3N13O10/c1-4-68-59(87)52-16-10-26-78(52)60(88)46(15-9-25-69-61(66)67)73-54(82)47(27-35(2)3)74-57(85)50(31-39-33-71-45-14-8-6-12-43(39)45)76-55(83)48(28-36-19-23-41(80)24-20-36)75-58(86)51(34-79)77-56(84)49(30-38-32-70-44-13-7-5-11-42(38)44)72-53(81)29-37-17-21-40(22-18-37)62(63,64)65/h5-8,11-14,17-24,32-33,35,46-52,70-71,79-80H,4,9-10,15-16,25-31,34H2,1-3H3,(H,68,87)(H,72,81)(H,73,82)(H,74,85)(H,75,86)(H,76,83)(H,77,84)(H4,66,67,69)/t46-,47-,48-,49-,50+,51-,52+/m0/s1. The Morgan fingerprint density at radius 1 is 0.659 bits per heavy atom. The molecule has 1 fully saturated rings. The number of likely N-dealkylation sites (tertiary alicyclic amines) is 1. The van der Waals surface area contributed by atoms with Crippen LogP contribution in [0, 0.1) is 5.92 Å². The van der Waals surface area contributed by atoms with Crippen molar-refractivity contribution in [2.45, 2.75) is 127 Å². The van der Waals surface area contributed by atoms with Crippen molar-refractivity contribution in [2.24, 2.45) is 22.4 Å². The number of carbonyl (C=O) groups excluding carboxylic acids is 8. The largest absolute Gasteiger partial charge is 0.508 e. The number of guanidine groups is 1. The van der Waals surface area contributed by atoms with E-state index in [1.54, 1.807) is 61.8 Å². The number of H-pyrrole nitrogens is 2. The molecule has 88 heavy (non-hydrogen) atoms. The molecule has 15 N–H and O–H groups in total. The third kappa shape index (κ3) is 18.3. The van der Waals surface area contributed by atoms with Crippen LogP contribution < -0.4 is 48.7 Å². The van der Waals surface area contributed by atoms with E-state index in [9.17, 15) is 61.7 Å². The van der Waals surface area contributed by atoms with Crippen LogP contribution in [0.1, 0.15) is 80.7 Å². The van der Waals surface area contributed by atoms with Crippen molar-refractivity contribution in [1.29, 1.82) is 0 Å². The fourth-order valence-corrected chi connectivity index (χ4v) is 10.6. The van der Waals surface area contributed by atoms with E-state index < -0.39 is 108 Å². The topological polar surface area (TPSA) is 360 Å². The molecule has 1 saturated heterocycles. The molecule has 6 aromatic rings. The zero-order chi connectivity index (χ0) is 63.7. The van der Waals surface area contributed by atoms with Crippen LogP contribution in [0.2, 0.25) is 0 Å². The molecule has 0 unspecified atom stereocenters. The summed E-state index contributed by atoms with van der Waals surface area (Å²) in [5.41, 5.74) is 13.4. The summed E-state index contributed by atoms with van der Waals surface area (Å²) in [7, 11) is 0. The number of phenolic OH excluding ortho intramolecular Hbond substituents is 1. The summed E-state index contributed by atoms with van der Waals surface area (Å²) in [4.78, 5) is 126. The molecule has 7 atom stereocenters. The van der Waals surface area contributed by atoms with Crippen LogP contribution in [0.15, 0.2) is 114 Å². The number of aromatic hydroxyl groups is 1. The van der Waals surface area contributed by atoms with Crippen LogP contribution in [0.25, 0.3) is 21.8 Å². The molecule has 0 aliphatic carbocycles. The van der Waals surface area contributed by atoms with Gasteiger partial charge in [-0.25, -0.2) is 0 Å². The Kier molecular flexibility index (Phi) is 23.1. The number of likely N-dealkylation sites (N-methyl/N-ethyl adjacent to an activating group) is 1. The van der Waals surface area contributed by atoms with Crippen molar-refractivity contribution in [1.82, 2.24) is 52.1 Å². The Hall–Kier alpha value is -9.46. The van der Waals surface area contributed by atoms with Crippen LogP contribution in [-0.4, -0.2) is 147 Å². The lowest BCUT2D eigenvalue weighted by atomic mass is 9.99. The molecule has 1 aliphatic heterocycles. The van der Waals surface area contributed by atoms with E-state index >= 15 is 0 Å². The lowest BCUT2D eigenvalue weighted by Crippen LogP contribution is -2.61. The second kappa shape index (κ2) is 30.8. The maximum absolute atomic E-state index is 15.0. The van der Waals surface area contributed by atoms with Gasteiger partial charge in [0.15, 0.2) is 5.96 Å². The summed E-state index contributed by atoms with van der Waals surface area (Å²) in [6.45, 7) is 5.11. The quantitative estimate of drug-likeness (QED) is 0.0183. The average Bonchev–Trinajstić information content (AvgIpc) is 4.32. The number of amides is 8. The first-order valence-corrected chi connectivity index (χ1v) is 29.1. The van der Waals surface area contributed by atoms with Gasteiger partial charge in [-0.3, -0.25) is 43.3 Å². The van der Waals surface area contributed by atoms with Crippen molar-refractivity contribution in [2.75, 3.05) is 26.2 Å². The number of nitrogens with one attached hydrogen (secondary N) is 9. The van der Waals surface area contributed by atoms with E-state index in [0.29, 0.717) is 57.9 Å². The summed E-state index contributed by atoms with van der Waals surface area (Å²) in [6.07, 6.45) is -1.02. The molecule has 26 heteroatoms. The number of aliphatic hydroxyl groups is 1. The number of halogens is 3. The van der Waals surface area contributed by atoms with E-state index in [2.05, 4.69) is 52.2 Å². The maximum atomic E-state index is 15.0. The highest BCUT2D eigenvalue weighted by Crippen LogP contribution is 2.29. The van der Waals surface area contributed by atoms with Gasteiger partial charge >= 0.3 is 6.18 Å². The monoisotopic (exact) mass is 1220 g/mol. The van der Waals surface area contributed by atoms with Gasteiger partial charge in [0.2, 0.25) is 47.3 Å². The molecule has 470 valence electrons. The molecule has 8 amide bonds. The number of fused-ring (bicyclic) bond motifs is 2. The number of aromatic nitrogens is 2. The van der Waals surface area contributed by atoms with Crippen LogP contribution in [0.5, 0.6) is 5.75 Å². The number of hydrogen-bond acceptors (Lipinski definition) is 11. The highest BCUT2D eigenvalue weighted by atomic mass is 19.4. The molecule has 0 radical (unpaired) electrons. The fraction of sp³-hybridized carbons (Fsp3) is 0.403. The Morgan fingerprint density at radius 2 is 1.16 bits per heavy atom. The first-order valence-electron chi connectivity index (χ1n) is 29.1. The highest BCUT2D eigenvalue weighted by molar-refractivity contribution is 5.99. The van der Waals surface area contributed by atoms with Gasteiger partial charge in [-0.15, -0.1) is 0 Å². The number of benzene rings is 4. The minimum Gasteiger partial charge on any atom is -0.508 e. The predicted octanol–water partition coefficient (Wildman–Crippen LogP) is 2.77. The molecular formula is C62H76F3N13O10. The van der Waals surface area contributed by atoms with E-state index in [1.807, 2.05) is 19.9 Å². The molecule has 0 bridgehead atoms. The zero-order valence-corrected chi connectivity index (χ0v) is 49.0. The second-order valence-corrected chi connectivity index (χ2v) is 22.1. The number of aliphatic hydroxyl groups excluding tert-OH is 1. The summed E-state index contributed by atoms with van der Waals surface area (Å²) in [6, 6.07) is 14.5. The molecule has 3 heterocycles. The lowest BCUT2D eigenvalue weighted by molar-refractivity contribution is -0.142. The summed E-state index contributed by atoms with van der Waals surface area (Å²) >= 11 is 0. The van der Waals surface area contributed by atoms with Gasteiger partial charge in [-0.1, -0.05) is 74.5 Å². The molecule has 4 aromatic carbocycles. The Labute approximate surface area is 505 Å². The number of para-hydroxylation sites is 2. The number of hydrogen-bond donors (Lipinski definition) is 13. The first kappa shape index (κ1) is 66.1.